The Labute approximate surface area is 104 Å². The van der Waals surface area contributed by atoms with Crippen molar-refractivity contribution in [2.24, 2.45) is 12.0 Å². The van der Waals surface area contributed by atoms with Gasteiger partial charge < -0.3 is 4.57 Å². The Morgan fingerprint density at radius 1 is 1.28 bits per heavy atom. The predicted octanol–water partition coefficient (Wildman–Crippen LogP) is 2.25. The van der Waals surface area contributed by atoms with Crippen molar-refractivity contribution in [1.82, 2.24) is 4.57 Å². The molecule has 1 aromatic carbocycles. The van der Waals surface area contributed by atoms with Gasteiger partial charge in [0, 0.05) is 18.6 Å². The van der Waals surface area contributed by atoms with E-state index in [1.54, 1.807) is 23.2 Å². The summed E-state index contributed by atoms with van der Waals surface area (Å²) in [5.41, 5.74) is -0.595. The Hall–Kier alpha value is -1.89. The molecule has 94 valence electrons. The summed E-state index contributed by atoms with van der Waals surface area (Å²) < 4.78 is 40.6. The van der Waals surface area contributed by atoms with Crippen LogP contribution in [0, 0.1) is 17.5 Å². The van der Waals surface area contributed by atoms with E-state index < -0.39 is 28.9 Å². The highest BCUT2D eigenvalue weighted by Gasteiger charge is 2.18. The number of nitrogens with zero attached hydrogens (tertiary/aromatic N) is 2. The summed E-state index contributed by atoms with van der Waals surface area (Å²) in [5.74, 6) is -5.50. The van der Waals surface area contributed by atoms with Crippen molar-refractivity contribution in [3.8, 4) is 0 Å². The molecule has 0 spiro atoms. The van der Waals surface area contributed by atoms with Crippen molar-refractivity contribution in [3.63, 3.8) is 0 Å². The first-order valence-electron chi connectivity index (χ1n) is 4.83. The smallest absolute Gasteiger partial charge is 0.282 e. The highest BCUT2D eigenvalue weighted by Crippen LogP contribution is 2.15. The van der Waals surface area contributed by atoms with Crippen molar-refractivity contribution >= 4 is 17.2 Å². The average molecular weight is 272 g/mol. The van der Waals surface area contributed by atoms with E-state index in [4.69, 9.17) is 0 Å². The zero-order valence-corrected chi connectivity index (χ0v) is 9.97. The first kappa shape index (κ1) is 12.6. The minimum Gasteiger partial charge on any atom is -0.327 e. The van der Waals surface area contributed by atoms with Gasteiger partial charge >= 0.3 is 0 Å². The third-order valence-electron chi connectivity index (χ3n) is 2.22. The van der Waals surface area contributed by atoms with Gasteiger partial charge in [-0.2, -0.15) is 4.99 Å². The predicted molar refractivity (Wildman–Crippen MR) is 59.5 cm³/mol. The molecule has 1 aromatic heterocycles. The van der Waals surface area contributed by atoms with Gasteiger partial charge in [-0.25, -0.2) is 13.2 Å². The molecule has 0 atom stereocenters. The van der Waals surface area contributed by atoms with E-state index in [-0.39, 0.29) is 0 Å². The fourth-order valence-electron chi connectivity index (χ4n) is 1.27. The molecule has 2 aromatic rings. The lowest BCUT2D eigenvalue weighted by Gasteiger charge is -2.00. The summed E-state index contributed by atoms with van der Waals surface area (Å²) in [4.78, 5) is 15.6. The van der Waals surface area contributed by atoms with Crippen molar-refractivity contribution in [2.75, 3.05) is 0 Å². The van der Waals surface area contributed by atoms with Crippen molar-refractivity contribution in [2.45, 2.75) is 0 Å². The Bertz CT molecular complexity index is 675. The van der Waals surface area contributed by atoms with E-state index in [1.807, 2.05) is 0 Å². The average Bonchev–Trinajstić information content (AvgIpc) is 2.72. The van der Waals surface area contributed by atoms with E-state index in [1.165, 1.54) is 11.3 Å². The summed E-state index contributed by atoms with van der Waals surface area (Å²) in [6, 6.07) is 1.56. The molecule has 1 amide bonds. The third-order valence-corrected chi connectivity index (χ3v) is 3.07. The molecular weight excluding hydrogens is 265 g/mol. The molecule has 0 fully saturated rings. The molecule has 1 heterocycles. The van der Waals surface area contributed by atoms with Crippen LogP contribution in [0.1, 0.15) is 10.4 Å². The van der Waals surface area contributed by atoms with Crippen LogP contribution in [0.15, 0.2) is 28.7 Å². The second-order valence-electron chi connectivity index (χ2n) is 3.44. The zero-order chi connectivity index (χ0) is 13.3. The first-order valence-corrected chi connectivity index (χ1v) is 5.71. The molecule has 0 aliphatic carbocycles. The fourth-order valence-corrected chi connectivity index (χ4v) is 2.00. The normalized spacial score (nSPS) is 11.9. The van der Waals surface area contributed by atoms with Crippen LogP contribution < -0.4 is 4.80 Å². The van der Waals surface area contributed by atoms with Crippen LogP contribution in [-0.4, -0.2) is 10.5 Å². The molecular formula is C11H7F3N2OS. The summed E-state index contributed by atoms with van der Waals surface area (Å²) in [5, 5.41) is 1.69. The molecule has 7 heteroatoms. The Morgan fingerprint density at radius 2 is 2.00 bits per heavy atom. The first-order chi connectivity index (χ1) is 8.50. The van der Waals surface area contributed by atoms with Crippen LogP contribution in [0.25, 0.3) is 0 Å². The minimum atomic E-state index is -1.67. The maximum atomic E-state index is 13.3. The van der Waals surface area contributed by atoms with Gasteiger partial charge in [0.15, 0.2) is 22.3 Å². The SMILES string of the molecule is Cn1ccsc1=NC(=O)c1ccc(F)c(F)c1F. The van der Waals surface area contributed by atoms with Crippen LogP contribution >= 0.6 is 11.3 Å². The Balaban J connectivity index is 2.49. The maximum Gasteiger partial charge on any atom is 0.282 e. The van der Waals surface area contributed by atoms with Gasteiger partial charge in [-0.1, -0.05) is 0 Å². The molecule has 0 radical (unpaired) electrons. The van der Waals surface area contributed by atoms with Gasteiger partial charge in [0.05, 0.1) is 5.56 Å². The molecule has 0 saturated carbocycles. The molecule has 0 aliphatic rings. The third kappa shape index (κ3) is 2.21. The number of hydrogen-bond donors (Lipinski definition) is 0. The Morgan fingerprint density at radius 3 is 2.61 bits per heavy atom. The van der Waals surface area contributed by atoms with Crippen LogP contribution in [0.4, 0.5) is 13.2 Å². The number of aryl methyl sites for hydroxylation is 1. The number of aromatic nitrogens is 1. The molecule has 0 unspecified atom stereocenters. The number of rotatable bonds is 1. The van der Waals surface area contributed by atoms with Crippen LogP contribution in [0.5, 0.6) is 0 Å². The highest BCUT2D eigenvalue weighted by molar-refractivity contribution is 7.07. The summed E-state index contributed by atoms with van der Waals surface area (Å²) in [7, 11) is 1.66. The van der Waals surface area contributed by atoms with Crippen molar-refractivity contribution < 1.29 is 18.0 Å². The van der Waals surface area contributed by atoms with Gasteiger partial charge in [-0.05, 0) is 12.1 Å². The van der Waals surface area contributed by atoms with Gasteiger partial charge in [-0.15, -0.1) is 11.3 Å². The second-order valence-corrected chi connectivity index (χ2v) is 4.31. The molecule has 3 nitrogen and oxygen atoms in total. The van der Waals surface area contributed by atoms with Gasteiger partial charge in [0.25, 0.3) is 5.91 Å². The minimum absolute atomic E-state index is 0.337. The van der Waals surface area contributed by atoms with E-state index in [0.29, 0.717) is 10.9 Å². The van der Waals surface area contributed by atoms with Crippen LogP contribution in [-0.2, 0) is 7.05 Å². The summed E-state index contributed by atoms with van der Waals surface area (Å²) >= 11 is 1.17. The number of benzene rings is 1. The van der Waals surface area contributed by atoms with Crippen LogP contribution in [0.3, 0.4) is 0 Å². The fraction of sp³-hybridized carbons (Fsp3) is 0.0909. The van der Waals surface area contributed by atoms with Crippen molar-refractivity contribution in [3.05, 3.63) is 51.5 Å². The largest absolute Gasteiger partial charge is 0.327 e. The molecule has 0 N–H and O–H groups in total. The van der Waals surface area contributed by atoms with Crippen molar-refractivity contribution in [1.29, 1.82) is 0 Å². The number of halogens is 3. The lowest BCUT2D eigenvalue weighted by Crippen LogP contribution is -2.14. The highest BCUT2D eigenvalue weighted by atomic mass is 32.1. The maximum absolute atomic E-state index is 13.3. The number of carbonyl (C=O) groups is 1. The monoisotopic (exact) mass is 272 g/mol. The molecule has 0 saturated heterocycles. The number of carbonyl (C=O) groups excluding carboxylic acids is 1. The number of amides is 1. The van der Waals surface area contributed by atoms with E-state index in [2.05, 4.69) is 4.99 Å². The molecule has 2 rings (SSSR count). The topological polar surface area (TPSA) is 34.4 Å². The zero-order valence-electron chi connectivity index (χ0n) is 9.15. The lowest BCUT2D eigenvalue weighted by molar-refractivity contribution is 0.0993. The molecule has 18 heavy (non-hydrogen) atoms. The lowest BCUT2D eigenvalue weighted by atomic mass is 10.2. The number of hydrogen-bond acceptors (Lipinski definition) is 2. The quantitative estimate of drug-likeness (QED) is 0.733. The van der Waals surface area contributed by atoms with Crippen LogP contribution in [0.2, 0.25) is 0 Å². The second kappa shape index (κ2) is 4.77. The standard InChI is InChI=1S/C11H7F3N2OS/c1-16-4-5-18-11(16)15-10(17)6-2-3-7(12)9(14)8(6)13/h2-5H,1H3. The van der Waals surface area contributed by atoms with Gasteiger partial charge in [0.2, 0.25) is 0 Å². The van der Waals surface area contributed by atoms with Gasteiger partial charge in [0.1, 0.15) is 0 Å². The van der Waals surface area contributed by atoms with E-state index in [9.17, 15) is 18.0 Å². The van der Waals surface area contributed by atoms with Gasteiger partial charge in [-0.3, -0.25) is 4.79 Å². The summed E-state index contributed by atoms with van der Waals surface area (Å²) in [6.45, 7) is 0. The van der Waals surface area contributed by atoms with E-state index in [0.717, 1.165) is 6.07 Å². The molecule has 0 aliphatic heterocycles. The summed E-state index contributed by atoms with van der Waals surface area (Å²) in [6.07, 6.45) is 1.67. The molecule has 0 bridgehead atoms. The van der Waals surface area contributed by atoms with E-state index >= 15 is 0 Å². The number of thiazole rings is 1. The Kier molecular flexibility index (Phi) is 3.33.